The van der Waals surface area contributed by atoms with Crippen LogP contribution in [0.15, 0.2) is 47.1 Å². The van der Waals surface area contributed by atoms with E-state index in [-0.39, 0.29) is 22.9 Å². The average molecular weight is 437 g/mol. The van der Waals surface area contributed by atoms with Gasteiger partial charge >= 0.3 is 0 Å². The molecule has 0 aromatic heterocycles. The average Bonchev–Trinajstić information content (AvgIpc) is 2.73. The van der Waals surface area contributed by atoms with Crippen LogP contribution < -0.4 is 0 Å². The number of hydrogen-bond acceptors (Lipinski definition) is 3. The summed E-state index contributed by atoms with van der Waals surface area (Å²) in [6, 6.07) is 12.9. The number of aliphatic hydroxyl groups excluding tert-OH is 1. The van der Waals surface area contributed by atoms with Crippen molar-refractivity contribution in [1.29, 1.82) is 0 Å². The summed E-state index contributed by atoms with van der Waals surface area (Å²) in [5.41, 5.74) is 6.32. The third kappa shape index (κ3) is 5.26. The fraction of sp³-hybridized carbons (Fsp3) is 0.464. The molecule has 1 atom stereocenters. The van der Waals surface area contributed by atoms with E-state index >= 15 is 0 Å². The SMILES string of the molecule is CCc1cc(C)cc(CC)c1C1=C(O)CC(C(C)(C)CSc2ccc(C)cc2)CC1=O. The second-order valence-electron chi connectivity index (χ2n) is 9.61. The summed E-state index contributed by atoms with van der Waals surface area (Å²) in [6.07, 6.45) is 2.79. The molecular weight excluding hydrogens is 400 g/mol. The van der Waals surface area contributed by atoms with Gasteiger partial charge in [-0.15, -0.1) is 11.8 Å². The van der Waals surface area contributed by atoms with Crippen molar-refractivity contribution >= 4 is 23.1 Å². The highest BCUT2D eigenvalue weighted by molar-refractivity contribution is 7.99. The molecule has 0 aliphatic heterocycles. The summed E-state index contributed by atoms with van der Waals surface area (Å²) in [4.78, 5) is 14.6. The largest absolute Gasteiger partial charge is 0.512 e. The zero-order valence-corrected chi connectivity index (χ0v) is 20.7. The first-order valence-corrected chi connectivity index (χ1v) is 12.4. The Morgan fingerprint density at radius 2 is 1.55 bits per heavy atom. The van der Waals surface area contributed by atoms with Crippen molar-refractivity contribution in [1.82, 2.24) is 0 Å². The van der Waals surface area contributed by atoms with E-state index in [1.54, 1.807) is 0 Å². The molecule has 1 unspecified atom stereocenters. The van der Waals surface area contributed by atoms with E-state index in [0.29, 0.717) is 18.4 Å². The smallest absolute Gasteiger partial charge is 0.167 e. The number of benzene rings is 2. The number of carbonyl (C=O) groups is 1. The summed E-state index contributed by atoms with van der Waals surface area (Å²) in [5, 5.41) is 11.1. The summed E-state index contributed by atoms with van der Waals surface area (Å²) in [6.45, 7) is 12.9. The van der Waals surface area contributed by atoms with E-state index < -0.39 is 0 Å². The van der Waals surface area contributed by atoms with Crippen LogP contribution >= 0.6 is 11.8 Å². The van der Waals surface area contributed by atoms with Crippen molar-refractivity contribution in [3.05, 3.63) is 70.0 Å². The van der Waals surface area contributed by atoms with Crippen LogP contribution in [0.25, 0.3) is 5.57 Å². The molecule has 166 valence electrons. The lowest BCUT2D eigenvalue weighted by Crippen LogP contribution is -2.33. The molecule has 1 aliphatic rings. The Morgan fingerprint density at radius 1 is 0.968 bits per heavy atom. The van der Waals surface area contributed by atoms with E-state index in [1.165, 1.54) is 27.1 Å². The second kappa shape index (κ2) is 9.65. The Hall–Kier alpha value is -2.00. The summed E-state index contributed by atoms with van der Waals surface area (Å²) < 4.78 is 0. The van der Waals surface area contributed by atoms with Gasteiger partial charge in [0.05, 0.1) is 5.57 Å². The molecule has 2 nitrogen and oxygen atoms in total. The van der Waals surface area contributed by atoms with Crippen LogP contribution in [0.3, 0.4) is 0 Å². The Labute approximate surface area is 192 Å². The Morgan fingerprint density at radius 3 is 2.06 bits per heavy atom. The number of aryl methyl sites for hydroxylation is 4. The molecule has 31 heavy (non-hydrogen) atoms. The molecule has 0 bridgehead atoms. The van der Waals surface area contributed by atoms with Crippen LogP contribution in [-0.4, -0.2) is 16.6 Å². The topological polar surface area (TPSA) is 37.3 Å². The maximum atomic E-state index is 13.4. The minimum Gasteiger partial charge on any atom is -0.512 e. The van der Waals surface area contributed by atoms with Crippen LogP contribution in [0.5, 0.6) is 0 Å². The lowest BCUT2D eigenvalue weighted by atomic mass is 9.70. The number of Topliss-reactive ketones (excluding diaryl/α,β-unsaturated/α-hetero) is 1. The standard InChI is InChI=1S/C28H36O2S/c1-7-20-13-19(4)14-21(8-2)26(20)27-24(29)15-22(16-25(27)30)28(5,6)17-31-23-11-9-18(3)10-12-23/h9-14,22,29H,7-8,15-17H2,1-6H3. The molecular formula is C28H36O2S. The highest BCUT2D eigenvalue weighted by Crippen LogP contribution is 2.44. The minimum atomic E-state index is -0.0564. The van der Waals surface area contributed by atoms with Gasteiger partial charge in [-0.25, -0.2) is 0 Å². The zero-order chi connectivity index (χ0) is 22.8. The van der Waals surface area contributed by atoms with Crippen molar-refractivity contribution in [2.45, 2.75) is 72.1 Å². The van der Waals surface area contributed by atoms with E-state index in [9.17, 15) is 9.90 Å². The van der Waals surface area contributed by atoms with Gasteiger partial charge in [0.1, 0.15) is 5.76 Å². The predicted molar refractivity (Wildman–Crippen MR) is 133 cm³/mol. The van der Waals surface area contributed by atoms with Gasteiger partial charge in [-0.1, -0.05) is 63.1 Å². The molecule has 0 saturated heterocycles. The number of rotatable bonds is 7. The van der Waals surface area contributed by atoms with Crippen molar-refractivity contribution in [2.75, 3.05) is 5.75 Å². The van der Waals surface area contributed by atoms with Crippen molar-refractivity contribution < 1.29 is 9.90 Å². The fourth-order valence-corrected chi connectivity index (χ4v) is 5.68. The lowest BCUT2D eigenvalue weighted by Gasteiger charge is -2.37. The molecule has 1 aliphatic carbocycles. The normalized spacial score (nSPS) is 17.4. The number of carbonyl (C=O) groups excluding carboxylic acids is 1. The van der Waals surface area contributed by atoms with E-state index in [0.717, 1.165) is 24.2 Å². The van der Waals surface area contributed by atoms with Crippen molar-refractivity contribution in [3.63, 3.8) is 0 Å². The highest BCUT2D eigenvalue weighted by atomic mass is 32.2. The highest BCUT2D eigenvalue weighted by Gasteiger charge is 2.38. The third-order valence-corrected chi connectivity index (χ3v) is 8.13. The Bertz CT molecular complexity index is 958. The predicted octanol–water partition coefficient (Wildman–Crippen LogP) is 7.49. The molecule has 0 heterocycles. The fourth-order valence-electron chi connectivity index (χ4n) is 4.57. The van der Waals surface area contributed by atoms with Crippen LogP contribution in [0, 0.1) is 25.2 Å². The first kappa shape index (κ1) is 23.7. The maximum Gasteiger partial charge on any atom is 0.167 e. The number of hydrogen-bond donors (Lipinski definition) is 1. The molecule has 0 amide bonds. The number of thioether (sulfide) groups is 1. The molecule has 3 rings (SSSR count). The first-order chi connectivity index (χ1) is 14.7. The van der Waals surface area contributed by atoms with Gasteiger partial charge in [0.25, 0.3) is 0 Å². The molecule has 0 radical (unpaired) electrons. The molecule has 0 fully saturated rings. The zero-order valence-electron chi connectivity index (χ0n) is 19.8. The van der Waals surface area contributed by atoms with E-state index in [4.69, 9.17) is 0 Å². The van der Waals surface area contributed by atoms with Gasteiger partial charge in [0, 0.05) is 23.5 Å². The number of ketones is 1. The molecule has 2 aromatic carbocycles. The minimum absolute atomic E-state index is 0.0564. The molecule has 3 heteroatoms. The van der Waals surface area contributed by atoms with Gasteiger partial charge in [0.15, 0.2) is 5.78 Å². The first-order valence-electron chi connectivity index (χ1n) is 11.4. The Balaban J connectivity index is 1.86. The second-order valence-corrected chi connectivity index (χ2v) is 10.7. The quantitative estimate of drug-likeness (QED) is 0.457. The van der Waals surface area contributed by atoms with E-state index in [1.807, 2.05) is 11.8 Å². The lowest BCUT2D eigenvalue weighted by molar-refractivity contribution is -0.116. The monoisotopic (exact) mass is 436 g/mol. The van der Waals surface area contributed by atoms with Gasteiger partial charge in [-0.05, 0) is 66.8 Å². The molecule has 1 N–H and O–H groups in total. The number of aliphatic hydroxyl groups is 1. The van der Waals surface area contributed by atoms with Gasteiger partial charge in [-0.2, -0.15) is 0 Å². The van der Waals surface area contributed by atoms with Crippen LogP contribution in [0.4, 0.5) is 0 Å². The number of allylic oxidation sites excluding steroid dienone is 2. The summed E-state index contributed by atoms with van der Waals surface area (Å²) in [7, 11) is 0. The third-order valence-electron chi connectivity index (χ3n) is 6.63. The van der Waals surface area contributed by atoms with Crippen molar-refractivity contribution in [3.8, 4) is 0 Å². The molecule has 2 aromatic rings. The van der Waals surface area contributed by atoms with Crippen LogP contribution in [0.2, 0.25) is 0 Å². The van der Waals surface area contributed by atoms with Crippen LogP contribution in [-0.2, 0) is 17.6 Å². The summed E-state index contributed by atoms with van der Waals surface area (Å²) in [5.74, 6) is 1.43. The maximum absolute atomic E-state index is 13.4. The van der Waals surface area contributed by atoms with E-state index in [2.05, 4.69) is 77.9 Å². The van der Waals surface area contributed by atoms with Gasteiger partial charge < -0.3 is 5.11 Å². The van der Waals surface area contributed by atoms with Crippen molar-refractivity contribution in [2.24, 2.45) is 11.3 Å². The summed E-state index contributed by atoms with van der Waals surface area (Å²) >= 11 is 1.83. The van der Waals surface area contributed by atoms with Crippen LogP contribution in [0.1, 0.15) is 68.4 Å². The van der Waals surface area contributed by atoms with Gasteiger partial charge in [-0.3, -0.25) is 4.79 Å². The Kier molecular flexibility index (Phi) is 7.36. The molecule has 0 spiro atoms. The van der Waals surface area contributed by atoms with Gasteiger partial charge in [0.2, 0.25) is 0 Å². The molecule has 0 saturated carbocycles.